The summed E-state index contributed by atoms with van der Waals surface area (Å²) in [5.41, 5.74) is 2.28. The number of thiophene rings is 1. The average molecular weight is 378 g/mol. The normalized spacial score (nSPS) is 13.1. The summed E-state index contributed by atoms with van der Waals surface area (Å²) >= 11 is 1.63. The van der Waals surface area contributed by atoms with Crippen LogP contribution in [0, 0.1) is 11.3 Å². The summed E-state index contributed by atoms with van der Waals surface area (Å²) in [6.45, 7) is 0.286. The van der Waals surface area contributed by atoms with E-state index in [0.29, 0.717) is 11.3 Å². The van der Waals surface area contributed by atoms with E-state index >= 15 is 0 Å². The number of carbonyl (C=O) groups excluding carboxylic acids is 1. The van der Waals surface area contributed by atoms with E-state index in [9.17, 15) is 9.59 Å². The van der Waals surface area contributed by atoms with Gasteiger partial charge in [0.1, 0.15) is 4.83 Å². The monoisotopic (exact) mass is 378 g/mol. The smallest absolute Gasteiger partial charge is 0.262 e. The first-order valence-corrected chi connectivity index (χ1v) is 9.77. The molecule has 0 spiro atoms. The van der Waals surface area contributed by atoms with Crippen LogP contribution in [0.25, 0.3) is 10.2 Å². The summed E-state index contributed by atoms with van der Waals surface area (Å²) in [6.07, 6.45) is 5.98. The van der Waals surface area contributed by atoms with Crippen molar-refractivity contribution in [3.8, 4) is 6.07 Å². The Hall–Kier alpha value is -2.98. The van der Waals surface area contributed by atoms with Crippen LogP contribution in [0.5, 0.6) is 0 Å². The highest BCUT2D eigenvalue weighted by molar-refractivity contribution is 7.18. The molecule has 0 atom stereocenters. The summed E-state index contributed by atoms with van der Waals surface area (Å²) < 4.78 is 1.53. The van der Waals surface area contributed by atoms with Gasteiger partial charge in [-0.15, -0.1) is 11.3 Å². The summed E-state index contributed by atoms with van der Waals surface area (Å²) in [6, 6.07) is 8.72. The molecule has 1 N–H and O–H groups in total. The van der Waals surface area contributed by atoms with E-state index in [4.69, 9.17) is 5.26 Å². The van der Waals surface area contributed by atoms with E-state index < -0.39 is 0 Å². The molecular weight excluding hydrogens is 360 g/mol. The Labute approximate surface area is 160 Å². The minimum absolute atomic E-state index is 0.0504. The molecule has 0 saturated heterocycles. The Morgan fingerprint density at radius 2 is 2.04 bits per heavy atom. The highest BCUT2D eigenvalue weighted by Crippen LogP contribution is 2.33. The number of rotatable bonds is 4. The van der Waals surface area contributed by atoms with E-state index in [1.165, 1.54) is 15.9 Å². The van der Waals surface area contributed by atoms with Gasteiger partial charge in [-0.3, -0.25) is 14.2 Å². The molecule has 0 fully saturated rings. The number of nitriles is 1. The number of nitrogens with zero attached hydrogens (tertiary/aromatic N) is 3. The van der Waals surface area contributed by atoms with Gasteiger partial charge in [0.15, 0.2) is 0 Å². The molecule has 0 aliphatic heterocycles. The van der Waals surface area contributed by atoms with E-state index in [0.717, 1.165) is 35.0 Å². The number of aryl methyl sites for hydroxylation is 3. The molecule has 3 aromatic rings. The lowest BCUT2D eigenvalue weighted by Gasteiger charge is -2.10. The number of nitrogens with one attached hydrogen (secondary N) is 1. The predicted octanol–water partition coefficient (Wildman–Crippen LogP) is 3.24. The minimum atomic E-state index is -0.181. The van der Waals surface area contributed by atoms with Gasteiger partial charge >= 0.3 is 0 Å². The second-order valence-electron chi connectivity index (χ2n) is 6.62. The SMILES string of the molecule is N#Cc1ccc(NC(=O)CCn2cnc3sc4c(c3c2=O)CCCC4)cc1. The lowest BCUT2D eigenvalue weighted by molar-refractivity contribution is -0.116. The van der Waals surface area contributed by atoms with Gasteiger partial charge in [-0.2, -0.15) is 5.26 Å². The van der Waals surface area contributed by atoms with Crippen LogP contribution in [0.1, 0.15) is 35.3 Å². The third kappa shape index (κ3) is 3.49. The number of fused-ring (bicyclic) bond motifs is 3. The Morgan fingerprint density at radius 1 is 1.26 bits per heavy atom. The van der Waals surface area contributed by atoms with Gasteiger partial charge in [0, 0.05) is 23.5 Å². The van der Waals surface area contributed by atoms with Gasteiger partial charge in [-0.1, -0.05) is 0 Å². The zero-order valence-electron chi connectivity index (χ0n) is 14.7. The first-order valence-electron chi connectivity index (χ1n) is 8.95. The van der Waals surface area contributed by atoms with Crippen LogP contribution in [0.4, 0.5) is 5.69 Å². The third-order valence-electron chi connectivity index (χ3n) is 4.82. The molecule has 2 heterocycles. The second kappa shape index (κ2) is 7.33. The lowest BCUT2D eigenvalue weighted by atomic mass is 9.97. The third-order valence-corrected chi connectivity index (χ3v) is 6.02. The highest BCUT2D eigenvalue weighted by atomic mass is 32.1. The number of anilines is 1. The summed E-state index contributed by atoms with van der Waals surface area (Å²) in [5, 5.41) is 12.3. The van der Waals surface area contributed by atoms with Crippen molar-refractivity contribution in [3.05, 3.63) is 57.0 Å². The van der Waals surface area contributed by atoms with Gasteiger partial charge < -0.3 is 5.32 Å². The van der Waals surface area contributed by atoms with E-state index in [1.807, 2.05) is 6.07 Å². The van der Waals surface area contributed by atoms with Gasteiger partial charge in [0.25, 0.3) is 5.56 Å². The number of hydrogen-bond donors (Lipinski definition) is 1. The zero-order valence-corrected chi connectivity index (χ0v) is 15.5. The maximum atomic E-state index is 12.9. The Morgan fingerprint density at radius 3 is 2.81 bits per heavy atom. The number of amides is 1. The number of carbonyl (C=O) groups is 1. The molecule has 0 bridgehead atoms. The fraction of sp³-hybridized carbons (Fsp3) is 0.300. The molecule has 1 amide bonds. The van der Waals surface area contributed by atoms with Crippen molar-refractivity contribution >= 4 is 33.1 Å². The van der Waals surface area contributed by atoms with Crippen LogP contribution in [0.2, 0.25) is 0 Å². The van der Waals surface area contributed by atoms with E-state index in [1.54, 1.807) is 41.9 Å². The standard InChI is InChI=1S/C20H18N4O2S/c21-11-13-5-7-14(8-6-13)23-17(25)9-10-24-12-22-19-18(20(24)26)15-3-1-2-4-16(15)27-19/h5-8,12H,1-4,9-10H2,(H,23,25). The summed E-state index contributed by atoms with van der Waals surface area (Å²) in [5.74, 6) is -0.181. The van der Waals surface area contributed by atoms with Gasteiger partial charge in [-0.05, 0) is 55.5 Å². The van der Waals surface area contributed by atoms with Crippen molar-refractivity contribution in [2.45, 2.75) is 38.6 Å². The van der Waals surface area contributed by atoms with Crippen LogP contribution >= 0.6 is 11.3 Å². The fourth-order valence-corrected chi connectivity index (χ4v) is 4.63. The van der Waals surface area contributed by atoms with Crippen molar-refractivity contribution in [1.29, 1.82) is 5.26 Å². The Bertz CT molecular complexity index is 1110. The van der Waals surface area contributed by atoms with E-state index in [-0.39, 0.29) is 24.4 Å². The largest absolute Gasteiger partial charge is 0.326 e. The molecule has 136 valence electrons. The van der Waals surface area contributed by atoms with Crippen LogP contribution < -0.4 is 10.9 Å². The van der Waals surface area contributed by atoms with Gasteiger partial charge in [0.05, 0.1) is 23.3 Å². The highest BCUT2D eigenvalue weighted by Gasteiger charge is 2.20. The molecule has 7 heteroatoms. The molecule has 0 unspecified atom stereocenters. The molecule has 0 radical (unpaired) electrons. The molecule has 0 saturated carbocycles. The van der Waals surface area contributed by atoms with Crippen LogP contribution in [0.3, 0.4) is 0 Å². The minimum Gasteiger partial charge on any atom is -0.326 e. The van der Waals surface area contributed by atoms with Crippen molar-refractivity contribution in [2.75, 3.05) is 5.32 Å². The summed E-state index contributed by atoms with van der Waals surface area (Å²) in [4.78, 5) is 31.6. The quantitative estimate of drug-likeness (QED) is 0.755. The lowest BCUT2D eigenvalue weighted by Crippen LogP contribution is -2.24. The number of benzene rings is 1. The topological polar surface area (TPSA) is 87.8 Å². The number of hydrogen-bond acceptors (Lipinski definition) is 5. The van der Waals surface area contributed by atoms with Crippen molar-refractivity contribution < 1.29 is 4.79 Å². The van der Waals surface area contributed by atoms with Crippen LogP contribution in [-0.4, -0.2) is 15.5 Å². The van der Waals surface area contributed by atoms with Gasteiger partial charge in [0.2, 0.25) is 5.91 Å². The maximum Gasteiger partial charge on any atom is 0.262 e. The number of aromatic nitrogens is 2. The molecule has 1 aliphatic carbocycles. The van der Waals surface area contributed by atoms with Crippen LogP contribution in [-0.2, 0) is 24.2 Å². The van der Waals surface area contributed by atoms with Crippen molar-refractivity contribution in [2.24, 2.45) is 0 Å². The second-order valence-corrected chi connectivity index (χ2v) is 7.71. The first kappa shape index (κ1) is 17.4. The fourth-order valence-electron chi connectivity index (χ4n) is 3.41. The molecule has 1 aromatic carbocycles. The average Bonchev–Trinajstić information content (AvgIpc) is 3.07. The van der Waals surface area contributed by atoms with E-state index in [2.05, 4.69) is 10.3 Å². The van der Waals surface area contributed by atoms with Crippen LogP contribution in [0.15, 0.2) is 35.4 Å². The molecular formula is C20H18N4O2S. The van der Waals surface area contributed by atoms with Crippen molar-refractivity contribution in [1.82, 2.24) is 9.55 Å². The Balaban J connectivity index is 1.48. The first-order chi connectivity index (χ1) is 13.2. The molecule has 4 rings (SSSR count). The van der Waals surface area contributed by atoms with Gasteiger partial charge in [-0.25, -0.2) is 4.98 Å². The molecule has 6 nitrogen and oxygen atoms in total. The Kier molecular flexibility index (Phi) is 4.73. The molecule has 27 heavy (non-hydrogen) atoms. The predicted molar refractivity (Wildman–Crippen MR) is 105 cm³/mol. The maximum absolute atomic E-state index is 12.9. The van der Waals surface area contributed by atoms with Crippen molar-refractivity contribution in [3.63, 3.8) is 0 Å². The molecule has 1 aliphatic rings. The zero-order chi connectivity index (χ0) is 18.8. The summed E-state index contributed by atoms with van der Waals surface area (Å²) in [7, 11) is 0. The molecule has 2 aromatic heterocycles.